The minimum Gasteiger partial charge on any atom is -0.545 e. The summed E-state index contributed by atoms with van der Waals surface area (Å²) >= 11 is 0. The highest BCUT2D eigenvalue weighted by molar-refractivity contribution is 5.85. The van der Waals surface area contributed by atoms with Gasteiger partial charge in [-0.05, 0) is 24.6 Å². The third-order valence-corrected chi connectivity index (χ3v) is 2.77. The fourth-order valence-electron chi connectivity index (χ4n) is 1.84. The lowest BCUT2D eigenvalue weighted by Crippen LogP contribution is -2.22. The second-order valence-electron chi connectivity index (χ2n) is 4.27. The van der Waals surface area contributed by atoms with Crippen LogP contribution in [0.1, 0.15) is 23.0 Å². The third-order valence-electron chi connectivity index (χ3n) is 2.77. The van der Waals surface area contributed by atoms with Crippen molar-refractivity contribution in [2.45, 2.75) is 13.3 Å². The largest absolute Gasteiger partial charge is 0.545 e. The Kier molecular flexibility index (Phi) is 4.22. The van der Waals surface area contributed by atoms with Gasteiger partial charge in [0.05, 0.1) is 24.7 Å². The highest BCUT2D eigenvalue weighted by atomic mass is 16.5. The Balaban J connectivity index is 2.24. The predicted octanol–water partition coefficient (Wildman–Crippen LogP) is -0.365. The summed E-state index contributed by atoms with van der Waals surface area (Å²) in [5.41, 5.74) is 0.545. The number of ether oxygens (including phenoxy) is 1. The Hall–Kier alpha value is -2.83. The lowest BCUT2D eigenvalue weighted by atomic mass is 10.2. The van der Waals surface area contributed by atoms with Crippen LogP contribution in [-0.2, 0) is 16.0 Å². The molecule has 1 heterocycles. The van der Waals surface area contributed by atoms with Crippen LogP contribution in [0.5, 0.6) is 0 Å². The molecule has 1 N–H and O–H groups in total. The first kappa shape index (κ1) is 14.6. The van der Waals surface area contributed by atoms with E-state index in [9.17, 15) is 19.5 Å². The van der Waals surface area contributed by atoms with Crippen molar-refractivity contribution in [2.75, 3.05) is 6.61 Å². The van der Waals surface area contributed by atoms with Crippen LogP contribution in [0.15, 0.2) is 35.1 Å². The number of hydrogen-bond acceptors (Lipinski definition) is 5. The molecule has 0 saturated carbocycles. The molecule has 1 aromatic heterocycles. The van der Waals surface area contributed by atoms with Crippen LogP contribution in [0.2, 0.25) is 0 Å². The van der Waals surface area contributed by atoms with Crippen molar-refractivity contribution in [3.05, 3.63) is 51.9 Å². The van der Waals surface area contributed by atoms with Gasteiger partial charge in [-0.2, -0.15) is 0 Å². The molecule has 21 heavy (non-hydrogen) atoms. The van der Waals surface area contributed by atoms with Crippen LogP contribution in [0.3, 0.4) is 0 Å². The maximum atomic E-state index is 11.8. The SMILES string of the molecule is CCOC(=O)Cc1cc(=O)n(-c2ccc(C(=O)[O-])cc2)[nH]1. The summed E-state index contributed by atoms with van der Waals surface area (Å²) in [6, 6.07) is 6.91. The van der Waals surface area contributed by atoms with E-state index in [1.807, 2.05) is 0 Å². The fraction of sp³-hybridized carbons (Fsp3) is 0.214. The van der Waals surface area contributed by atoms with E-state index in [1.54, 1.807) is 6.92 Å². The molecule has 0 aliphatic rings. The average molecular weight is 289 g/mol. The normalized spacial score (nSPS) is 10.3. The standard InChI is InChI=1S/C14H14N2O5/c1-2-21-13(18)8-10-7-12(17)16(15-10)11-5-3-9(4-6-11)14(19)20/h3-7,15H,2,8H2,1H3,(H,19,20)/p-1. The number of carbonyl (C=O) groups is 2. The highest BCUT2D eigenvalue weighted by Crippen LogP contribution is 2.07. The van der Waals surface area contributed by atoms with Crippen LogP contribution in [0.4, 0.5) is 0 Å². The minimum atomic E-state index is -1.29. The zero-order valence-electron chi connectivity index (χ0n) is 11.3. The molecule has 0 amide bonds. The number of esters is 1. The van der Waals surface area contributed by atoms with E-state index in [0.717, 1.165) is 0 Å². The zero-order valence-corrected chi connectivity index (χ0v) is 11.3. The second-order valence-corrected chi connectivity index (χ2v) is 4.27. The van der Waals surface area contributed by atoms with Gasteiger partial charge in [-0.1, -0.05) is 12.1 Å². The van der Waals surface area contributed by atoms with E-state index in [4.69, 9.17) is 4.74 Å². The first-order chi connectivity index (χ1) is 10.0. The molecule has 0 atom stereocenters. The molecular weight excluding hydrogens is 276 g/mol. The molecule has 0 aliphatic carbocycles. The van der Waals surface area contributed by atoms with Crippen LogP contribution < -0.4 is 10.7 Å². The zero-order chi connectivity index (χ0) is 15.4. The van der Waals surface area contributed by atoms with Crippen molar-refractivity contribution in [1.29, 1.82) is 0 Å². The summed E-state index contributed by atoms with van der Waals surface area (Å²) < 4.78 is 6.02. The lowest BCUT2D eigenvalue weighted by molar-refractivity contribution is -0.255. The predicted molar refractivity (Wildman–Crippen MR) is 71.1 cm³/mol. The summed E-state index contributed by atoms with van der Waals surface area (Å²) in [6.45, 7) is 1.97. The molecule has 0 unspecified atom stereocenters. The topological polar surface area (TPSA) is 104 Å². The molecule has 0 saturated heterocycles. The van der Waals surface area contributed by atoms with Crippen molar-refractivity contribution >= 4 is 11.9 Å². The summed E-state index contributed by atoms with van der Waals surface area (Å²) in [6.07, 6.45) is -0.0345. The number of hydrogen-bond donors (Lipinski definition) is 1. The Morgan fingerprint density at radius 3 is 2.52 bits per heavy atom. The minimum absolute atomic E-state index is 0.0186. The number of carboxylic acids is 1. The molecule has 0 fully saturated rings. The maximum Gasteiger partial charge on any atom is 0.311 e. The van der Waals surface area contributed by atoms with E-state index in [0.29, 0.717) is 11.4 Å². The third kappa shape index (κ3) is 3.38. The van der Waals surface area contributed by atoms with Gasteiger partial charge in [0.25, 0.3) is 5.56 Å². The molecule has 2 rings (SSSR count). The molecule has 7 nitrogen and oxygen atoms in total. The highest BCUT2D eigenvalue weighted by Gasteiger charge is 2.10. The Bertz CT molecular complexity index is 712. The Morgan fingerprint density at radius 1 is 1.29 bits per heavy atom. The van der Waals surface area contributed by atoms with Gasteiger partial charge in [0.2, 0.25) is 0 Å². The second kappa shape index (κ2) is 6.08. The first-order valence-corrected chi connectivity index (χ1v) is 6.29. The van der Waals surface area contributed by atoms with Gasteiger partial charge in [0.15, 0.2) is 0 Å². The van der Waals surface area contributed by atoms with Gasteiger partial charge in [-0.25, -0.2) is 4.68 Å². The number of carboxylic acid groups (broad SMARTS) is 1. The number of carbonyl (C=O) groups excluding carboxylic acids is 2. The molecular formula is C14H13N2O5-. The number of benzene rings is 1. The molecule has 0 aliphatic heterocycles. The quantitative estimate of drug-likeness (QED) is 0.756. The van der Waals surface area contributed by atoms with Crippen molar-refractivity contribution in [3.8, 4) is 5.69 Å². The number of rotatable bonds is 5. The number of aromatic nitrogens is 2. The number of H-pyrrole nitrogens is 1. The molecule has 0 radical (unpaired) electrons. The maximum absolute atomic E-state index is 11.8. The van der Waals surface area contributed by atoms with Gasteiger partial charge < -0.3 is 14.6 Å². The van der Waals surface area contributed by atoms with Crippen LogP contribution in [0, 0.1) is 0 Å². The summed E-state index contributed by atoms with van der Waals surface area (Å²) in [7, 11) is 0. The average Bonchev–Trinajstić information content (AvgIpc) is 2.79. The first-order valence-electron chi connectivity index (χ1n) is 6.29. The van der Waals surface area contributed by atoms with E-state index in [1.165, 1.54) is 35.0 Å². The fourth-order valence-corrected chi connectivity index (χ4v) is 1.84. The monoisotopic (exact) mass is 289 g/mol. The molecule has 7 heteroatoms. The summed E-state index contributed by atoms with van der Waals surface area (Å²) in [5.74, 6) is -1.72. The molecule has 0 spiro atoms. The molecule has 0 bridgehead atoms. The summed E-state index contributed by atoms with van der Waals surface area (Å²) in [4.78, 5) is 33.9. The summed E-state index contributed by atoms with van der Waals surface area (Å²) in [5, 5.41) is 13.4. The Morgan fingerprint density at radius 2 is 1.95 bits per heavy atom. The van der Waals surface area contributed by atoms with E-state index < -0.39 is 11.9 Å². The van der Waals surface area contributed by atoms with Crippen molar-refractivity contribution < 1.29 is 19.4 Å². The van der Waals surface area contributed by atoms with Gasteiger partial charge >= 0.3 is 5.97 Å². The number of aromatic amines is 1. The number of nitrogens with zero attached hydrogens (tertiary/aromatic N) is 1. The van der Waals surface area contributed by atoms with E-state index >= 15 is 0 Å². The number of aromatic carboxylic acids is 1. The smallest absolute Gasteiger partial charge is 0.311 e. The van der Waals surface area contributed by atoms with Crippen LogP contribution >= 0.6 is 0 Å². The van der Waals surface area contributed by atoms with Crippen LogP contribution in [-0.4, -0.2) is 28.3 Å². The van der Waals surface area contributed by atoms with E-state index in [-0.39, 0.29) is 24.2 Å². The van der Waals surface area contributed by atoms with Crippen LogP contribution in [0.25, 0.3) is 5.69 Å². The van der Waals surface area contributed by atoms with Gasteiger partial charge in [-0.15, -0.1) is 0 Å². The van der Waals surface area contributed by atoms with E-state index in [2.05, 4.69) is 5.10 Å². The van der Waals surface area contributed by atoms with Gasteiger partial charge in [0, 0.05) is 11.8 Å². The Labute approximate surface area is 119 Å². The van der Waals surface area contributed by atoms with Gasteiger partial charge in [-0.3, -0.25) is 14.7 Å². The lowest BCUT2D eigenvalue weighted by Gasteiger charge is -2.05. The van der Waals surface area contributed by atoms with Crippen molar-refractivity contribution in [2.24, 2.45) is 0 Å². The van der Waals surface area contributed by atoms with Crippen molar-refractivity contribution in [3.63, 3.8) is 0 Å². The molecule has 110 valence electrons. The molecule has 2 aromatic rings. The van der Waals surface area contributed by atoms with Crippen molar-refractivity contribution in [1.82, 2.24) is 9.78 Å². The number of nitrogens with one attached hydrogen (secondary N) is 1. The molecule has 1 aromatic carbocycles. The van der Waals surface area contributed by atoms with Gasteiger partial charge in [0.1, 0.15) is 0 Å².